The molecule has 17 heavy (non-hydrogen) atoms. The molecule has 0 aliphatic rings. The molecule has 0 atom stereocenters. The van der Waals surface area contributed by atoms with Gasteiger partial charge in [0.25, 0.3) is 5.91 Å². The van der Waals surface area contributed by atoms with Gasteiger partial charge >= 0.3 is 0 Å². The van der Waals surface area contributed by atoms with Crippen LogP contribution in [0.15, 0.2) is 36.4 Å². The van der Waals surface area contributed by atoms with Crippen LogP contribution in [0.1, 0.15) is 10.4 Å². The normalized spacial score (nSPS) is 10.8. The van der Waals surface area contributed by atoms with Gasteiger partial charge in [-0.1, -0.05) is 24.3 Å². The zero-order valence-electron chi connectivity index (χ0n) is 9.77. The molecule has 0 aliphatic heterocycles. The number of rotatable bonds is 2. The number of carbonyl (C=O) groups excluding carboxylic acids is 1. The summed E-state index contributed by atoms with van der Waals surface area (Å²) >= 11 is 0. The average molecular weight is 230 g/mol. The molecular weight excluding hydrogens is 216 g/mol. The monoisotopic (exact) mass is 230 g/mol. The first kappa shape index (κ1) is 11.4. The first-order chi connectivity index (χ1) is 8.08. The van der Waals surface area contributed by atoms with Gasteiger partial charge in [0.15, 0.2) is 0 Å². The van der Waals surface area contributed by atoms with Crippen molar-refractivity contribution in [3.63, 3.8) is 0 Å². The Bertz CT molecular complexity index is 564. The number of phenols is 1. The van der Waals surface area contributed by atoms with Crippen molar-refractivity contribution in [3.05, 3.63) is 42.0 Å². The second-order valence-corrected chi connectivity index (χ2v) is 4.05. The van der Waals surface area contributed by atoms with E-state index in [0.717, 1.165) is 10.8 Å². The Morgan fingerprint density at radius 3 is 2.35 bits per heavy atom. The van der Waals surface area contributed by atoms with Crippen molar-refractivity contribution in [1.29, 1.82) is 0 Å². The van der Waals surface area contributed by atoms with E-state index >= 15 is 0 Å². The Morgan fingerprint density at radius 2 is 1.76 bits per heavy atom. The minimum Gasteiger partial charge on any atom is -0.507 e. The zero-order valence-corrected chi connectivity index (χ0v) is 9.77. The Labute approximate surface area is 99.4 Å². The number of carbonyl (C=O) groups is 1. The van der Waals surface area contributed by atoms with E-state index in [1.807, 2.05) is 24.3 Å². The van der Waals surface area contributed by atoms with E-state index in [4.69, 9.17) is 0 Å². The van der Waals surface area contributed by atoms with E-state index in [1.165, 1.54) is 5.01 Å². The number of fused-ring (bicyclic) bond motifs is 1. The molecule has 0 heterocycles. The Hall–Kier alpha value is -2.07. The summed E-state index contributed by atoms with van der Waals surface area (Å²) in [6.45, 7) is 0. The van der Waals surface area contributed by atoms with Crippen molar-refractivity contribution < 1.29 is 9.90 Å². The lowest BCUT2D eigenvalue weighted by atomic mass is 10.1. The number of hydrazine groups is 1. The van der Waals surface area contributed by atoms with Crippen LogP contribution in [0.25, 0.3) is 10.8 Å². The lowest BCUT2D eigenvalue weighted by molar-refractivity contribution is 0.0854. The summed E-state index contributed by atoms with van der Waals surface area (Å²) in [4.78, 5) is 11.8. The van der Waals surface area contributed by atoms with Crippen LogP contribution < -0.4 is 5.43 Å². The molecule has 2 aromatic rings. The summed E-state index contributed by atoms with van der Waals surface area (Å²) in [7, 11) is 3.44. The van der Waals surface area contributed by atoms with Crippen molar-refractivity contribution in [2.45, 2.75) is 0 Å². The first-order valence-corrected chi connectivity index (χ1v) is 5.28. The fourth-order valence-corrected chi connectivity index (χ4v) is 1.67. The maximum Gasteiger partial charge on any atom is 0.269 e. The maximum atomic E-state index is 11.8. The minimum atomic E-state index is -0.321. The van der Waals surface area contributed by atoms with Gasteiger partial charge in [-0.05, 0) is 22.9 Å². The second kappa shape index (κ2) is 4.43. The molecule has 4 nitrogen and oxygen atoms in total. The van der Waals surface area contributed by atoms with Gasteiger partial charge in [-0.3, -0.25) is 10.2 Å². The van der Waals surface area contributed by atoms with Crippen LogP contribution in [-0.2, 0) is 0 Å². The van der Waals surface area contributed by atoms with Gasteiger partial charge < -0.3 is 5.11 Å². The molecule has 2 N–H and O–H groups in total. The van der Waals surface area contributed by atoms with E-state index in [9.17, 15) is 9.90 Å². The number of amides is 1. The van der Waals surface area contributed by atoms with E-state index < -0.39 is 0 Å². The largest absolute Gasteiger partial charge is 0.507 e. The average Bonchev–Trinajstić information content (AvgIpc) is 2.27. The molecule has 0 saturated carbocycles. The van der Waals surface area contributed by atoms with Crippen LogP contribution in [0, 0.1) is 0 Å². The van der Waals surface area contributed by atoms with Crippen LogP contribution in [0.2, 0.25) is 0 Å². The molecule has 0 spiro atoms. The summed E-state index contributed by atoms with van der Waals surface area (Å²) in [5.41, 5.74) is 2.87. The van der Waals surface area contributed by atoms with Gasteiger partial charge in [0.2, 0.25) is 0 Å². The van der Waals surface area contributed by atoms with Crippen molar-refractivity contribution in [1.82, 2.24) is 10.4 Å². The molecule has 0 unspecified atom stereocenters. The molecule has 1 amide bonds. The molecule has 4 heteroatoms. The van der Waals surface area contributed by atoms with Crippen molar-refractivity contribution in [3.8, 4) is 5.75 Å². The predicted molar refractivity (Wildman–Crippen MR) is 66.8 cm³/mol. The van der Waals surface area contributed by atoms with Crippen LogP contribution in [0.5, 0.6) is 5.75 Å². The highest BCUT2D eigenvalue weighted by Crippen LogP contribution is 2.24. The van der Waals surface area contributed by atoms with Gasteiger partial charge in [0.1, 0.15) is 5.75 Å². The topological polar surface area (TPSA) is 52.6 Å². The number of benzene rings is 2. The van der Waals surface area contributed by atoms with Gasteiger partial charge in [0, 0.05) is 14.1 Å². The van der Waals surface area contributed by atoms with Gasteiger partial charge in [-0.15, -0.1) is 0 Å². The van der Waals surface area contributed by atoms with Crippen LogP contribution in [-0.4, -0.2) is 30.1 Å². The smallest absolute Gasteiger partial charge is 0.269 e. The molecule has 0 radical (unpaired) electrons. The van der Waals surface area contributed by atoms with E-state index in [0.29, 0.717) is 0 Å². The molecule has 0 aliphatic carbocycles. The number of hydrogen-bond acceptors (Lipinski definition) is 3. The highest BCUT2D eigenvalue weighted by molar-refractivity contribution is 6.01. The molecular formula is C13H14N2O2. The summed E-state index contributed by atoms with van der Waals surface area (Å²) in [6.07, 6.45) is 0. The summed E-state index contributed by atoms with van der Waals surface area (Å²) < 4.78 is 0. The highest BCUT2D eigenvalue weighted by Gasteiger charge is 2.12. The summed E-state index contributed by atoms with van der Waals surface area (Å²) in [5.74, 6) is -0.332. The third-order valence-electron chi connectivity index (χ3n) is 2.43. The Balaban J connectivity index is 2.47. The fourth-order valence-electron chi connectivity index (χ4n) is 1.67. The Kier molecular flexibility index (Phi) is 2.97. The van der Waals surface area contributed by atoms with E-state index in [1.54, 1.807) is 26.2 Å². The molecule has 2 aromatic carbocycles. The lowest BCUT2D eigenvalue weighted by Gasteiger charge is -2.13. The fraction of sp³-hybridized carbons (Fsp3) is 0.154. The number of nitrogens with zero attached hydrogens (tertiary/aromatic N) is 1. The number of aromatic hydroxyl groups is 1. The minimum absolute atomic E-state index is 0.0111. The van der Waals surface area contributed by atoms with Crippen LogP contribution in [0.3, 0.4) is 0 Å². The standard InChI is InChI=1S/C13H14N2O2/c1-15(2)14-13(17)11-7-9-5-3-4-6-10(9)8-12(11)16/h3-8,16H,1-2H3,(H,14,17). The molecule has 88 valence electrons. The molecule has 0 bridgehead atoms. The molecule has 0 fully saturated rings. The molecule has 0 saturated heterocycles. The van der Waals surface area contributed by atoms with E-state index in [-0.39, 0.29) is 17.2 Å². The molecule has 2 rings (SSSR count). The maximum absolute atomic E-state index is 11.8. The lowest BCUT2D eigenvalue weighted by Crippen LogP contribution is -2.36. The second-order valence-electron chi connectivity index (χ2n) is 4.05. The van der Waals surface area contributed by atoms with Gasteiger partial charge in [-0.2, -0.15) is 0 Å². The van der Waals surface area contributed by atoms with Crippen molar-refractivity contribution in [2.75, 3.05) is 14.1 Å². The quantitative estimate of drug-likeness (QED) is 0.773. The van der Waals surface area contributed by atoms with Crippen LogP contribution in [0.4, 0.5) is 0 Å². The van der Waals surface area contributed by atoms with E-state index in [2.05, 4.69) is 5.43 Å². The number of phenolic OH excluding ortho intramolecular Hbond substituents is 1. The third kappa shape index (κ3) is 2.37. The number of hydrogen-bond donors (Lipinski definition) is 2. The van der Waals surface area contributed by atoms with Crippen LogP contribution >= 0.6 is 0 Å². The summed E-state index contributed by atoms with van der Waals surface area (Å²) in [5, 5.41) is 13.2. The predicted octanol–water partition coefficient (Wildman–Crippen LogP) is 1.75. The Morgan fingerprint density at radius 1 is 1.18 bits per heavy atom. The zero-order chi connectivity index (χ0) is 12.4. The molecule has 0 aromatic heterocycles. The first-order valence-electron chi connectivity index (χ1n) is 5.28. The highest BCUT2D eigenvalue weighted by atomic mass is 16.3. The van der Waals surface area contributed by atoms with Gasteiger partial charge in [0.05, 0.1) is 5.56 Å². The van der Waals surface area contributed by atoms with Crippen molar-refractivity contribution >= 4 is 16.7 Å². The van der Waals surface area contributed by atoms with Gasteiger partial charge in [-0.25, -0.2) is 5.01 Å². The number of nitrogens with one attached hydrogen (secondary N) is 1. The SMILES string of the molecule is CN(C)NC(=O)c1cc2ccccc2cc1O. The summed E-state index contributed by atoms with van der Waals surface area (Å²) in [6, 6.07) is 10.9. The third-order valence-corrected chi connectivity index (χ3v) is 2.43. The van der Waals surface area contributed by atoms with Crippen molar-refractivity contribution in [2.24, 2.45) is 0 Å².